The lowest BCUT2D eigenvalue weighted by Crippen LogP contribution is -2.39. The summed E-state index contributed by atoms with van der Waals surface area (Å²) in [6.45, 7) is 3.23. The number of nitrogens with zero attached hydrogens (tertiary/aromatic N) is 3. The van der Waals surface area contributed by atoms with Gasteiger partial charge in [-0.3, -0.25) is 4.68 Å². The highest BCUT2D eigenvalue weighted by atomic mass is 32.2. The molecule has 0 aliphatic carbocycles. The molecular formula is C17H23N3O3S. The van der Waals surface area contributed by atoms with Gasteiger partial charge in [0.1, 0.15) is 0 Å². The van der Waals surface area contributed by atoms with E-state index in [2.05, 4.69) is 5.10 Å². The number of hydrogen-bond acceptors (Lipinski definition) is 4. The summed E-state index contributed by atoms with van der Waals surface area (Å²) in [7, 11) is -0.0547. The molecule has 0 N–H and O–H groups in total. The summed E-state index contributed by atoms with van der Waals surface area (Å²) in [6, 6.07) is 7.13. The van der Waals surface area contributed by atoms with E-state index in [-0.39, 0.29) is 5.92 Å². The van der Waals surface area contributed by atoms with Crippen molar-refractivity contribution in [2.45, 2.75) is 30.7 Å². The molecule has 0 fully saturated rings. The number of fused-ring (bicyclic) bond motifs is 1. The molecule has 1 atom stereocenters. The number of methoxy groups -OCH3 is 1. The Kier molecular flexibility index (Phi) is 4.76. The second kappa shape index (κ2) is 6.66. The van der Waals surface area contributed by atoms with E-state index in [1.54, 1.807) is 23.9 Å². The van der Waals surface area contributed by atoms with Gasteiger partial charge in [0.15, 0.2) is 0 Å². The van der Waals surface area contributed by atoms with Crippen molar-refractivity contribution in [2.75, 3.05) is 20.3 Å². The molecule has 1 aliphatic rings. The minimum absolute atomic E-state index is 0.0513. The Morgan fingerprint density at radius 2 is 2.00 bits per heavy atom. The Balaban J connectivity index is 1.93. The molecule has 1 aliphatic heterocycles. The van der Waals surface area contributed by atoms with Crippen LogP contribution in [0.1, 0.15) is 29.7 Å². The average Bonchev–Trinajstić information content (AvgIpc) is 2.95. The molecular weight excluding hydrogens is 326 g/mol. The van der Waals surface area contributed by atoms with Crippen molar-refractivity contribution in [3.63, 3.8) is 0 Å². The first-order valence-electron chi connectivity index (χ1n) is 8.06. The third kappa shape index (κ3) is 3.11. The number of aryl methyl sites for hydroxylation is 2. The van der Waals surface area contributed by atoms with Crippen molar-refractivity contribution in [1.82, 2.24) is 14.1 Å². The van der Waals surface area contributed by atoms with Crippen LogP contribution in [0.5, 0.6) is 0 Å². The van der Waals surface area contributed by atoms with E-state index >= 15 is 0 Å². The van der Waals surface area contributed by atoms with Crippen molar-refractivity contribution in [1.29, 1.82) is 0 Å². The number of rotatable bonds is 5. The highest BCUT2D eigenvalue weighted by Crippen LogP contribution is 2.31. The maximum absolute atomic E-state index is 13.0. The number of sulfonamides is 1. The molecule has 0 saturated carbocycles. The normalized spacial score (nSPS) is 18.5. The highest BCUT2D eigenvalue weighted by molar-refractivity contribution is 7.89. The fourth-order valence-corrected chi connectivity index (χ4v) is 4.63. The predicted molar refractivity (Wildman–Crippen MR) is 91.2 cm³/mol. The van der Waals surface area contributed by atoms with Crippen molar-refractivity contribution in [3.8, 4) is 0 Å². The summed E-state index contributed by atoms with van der Waals surface area (Å²) in [4.78, 5) is 0.336. The fraction of sp³-hybridized carbons (Fsp3) is 0.471. The van der Waals surface area contributed by atoms with Crippen molar-refractivity contribution >= 4 is 10.0 Å². The zero-order valence-corrected chi connectivity index (χ0v) is 15.1. The molecule has 0 unspecified atom stereocenters. The summed E-state index contributed by atoms with van der Waals surface area (Å²) in [5.74, 6) is -0.0513. The zero-order valence-electron chi connectivity index (χ0n) is 14.3. The minimum atomic E-state index is -3.53. The first-order valence-corrected chi connectivity index (χ1v) is 9.50. The van der Waals surface area contributed by atoms with Crippen LogP contribution in [0, 0.1) is 0 Å². The lowest BCUT2D eigenvalue weighted by atomic mass is 9.99. The van der Waals surface area contributed by atoms with Crippen molar-refractivity contribution < 1.29 is 13.2 Å². The molecule has 6 nitrogen and oxygen atoms in total. The topological polar surface area (TPSA) is 64.4 Å². The van der Waals surface area contributed by atoms with E-state index in [9.17, 15) is 8.42 Å². The van der Waals surface area contributed by atoms with Gasteiger partial charge >= 0.3 is 0 Å². The molecule has 0 amide bonds. The molecule has 1 aromatic heterocycles. The van der Waals surface area contributed by atoms with E-state index in [1.807, 2.05) is 32.3 Å². The third-order valence-electron chi connectivity index (χ3n) is 4.43. The summed E-state index contributed by atoms with van der Waals surface area (Å²) in [5, 5.41) is 4.48. The van der Waals surface area contributed by atoms with E-state index in [4.69, 9.17) is 4.74 Å². The molecule has 1 aromatic carbocycles. The molecule has 0 bridgehead atoms. The standard InChI is InChI=1S/C17H23N3O3S/c1-4-13-5-7-16(8-6-13)24(21,22)20-10-14-9-19(2)18-17(14)15(11-20)12-23-3/h5-9,15H,4,10-12H2,1-3H3/t15-/m0/s1. The smallest absolute Gasteiger partial charge is 0.243 e. The van der Waals surface area contributed by atoms with Gasteiger partial charge in [-0.2, -0.15) is 9.40 Å². The number of hydrogen-bond donors (Lipinski definition) is 0. The predicted octanol–water partition coefficient (Wildman–Crippen LogP) is 1.92. The largest absolute Gasteiger partial charge is 0.384 e. The van der Waals surface area contributed by atoms with Gasteiger partial charge in [-0.1, -0.05) is 19.1 Å². The fourth-order valence-electron chi connectivity index (χ4n) is 3.17. The summed E-state index contributed by atoms with van der Waals surface area (Å²) in [6.07, 6.45) is 2.78. The number of benzene rings is 1. The molecule has 7 heteroatoms. The SMILES string of the molecule is CCc1ccc(S(=O)(=O)N2Cc3cn(C)nc3[C@H](COC)C2)cc1. The maximum atomic E-state index is 13.0. The van der Waals surface area contributed by atoms with Gasteiger partial charge < -0.3 is 4.74 Å². The summed E-state index contributed by atoms with van der Waals surface area (Å²) < 4.78 is 34.6. The van der Waals surface area contributed by atoms with Gasteiger partial charge in [0, 0.05) is 44.9 Å². The Labute approximate surface area is 143 Å². The van der Waals surface area contributed by atoms with Crippen molar-refractivity contribution in [3.05, 3.63) is 47.3 Å². The second-order valence-corrected chi connectivity index (χ2v) is 8.10. The van der Waals surface area contributed by atoms with Crippen LogP contribution < -0.4 is 0 Å². The van der Waals surface area contributed by atoms with Crippen LogP contribution in [-0.2, 0) is 34.8 Å². The van der Waals surface area contributed by atoms with Crippen LogP contribution in [0.15, 0.2) is 35.4 Å². The Morgan fingerprint density at radius 3 is 2.62 bits per heavy atom. The highest BCUT2D eigenvalue weighted by Gasteiger charge is 2.35. The van der Waals surface area contributed by atoms with E-state index in [0.717, 1.165) is 23.2 Å². The van der Waals surface area contributed by atoms with Crippen LogP contribution >= 0.6 is 0 Å². The lowest BCUT2D eigenvalue weighted by Gasteiger charge is -2.30. The Hall–Kier alpha value is -1.70. The number of aromatic nitrogens is 2. The van der Waals surface area contributed by atoms with Gasteiger partial charge in [0.05, 0.1) is 17.2 Å². The molecule has 3 rings (SSSR count). The van der Waals surface area contributed by atoms with Crippen LogP contribution in [0.4, 0.5) is 0 Å². The molecule has 0 radical (unpaired) electrons. The van der Waals surface area contributed by atoms with E-state index in [1.165, 1.54) is 4.31 Å². The minimum Gasteiger partial charge on any atom is -0.384 e. The first-order chi connectivity index (χ1) is 11.5. The van der Waals surface area contributed by atoms with Gasteiger partial charge in [0.25, 0.3) is 0 Å². The number of ether oxygens (including phenoxy) is 1. The molecule has 0 saturated heterocycles. The molecule has 2 heterocycles. The van der Waals surface area contributed by atoms with Crippen molar-refractivity contribution in [2.24, 2.45) is 7.05 Å². The quantitative estimate of drug-likeness (QED) is 0.827. The second-order valence-electron chi connectivity index (χ2n) is 6.16. The van der Waals surface area contributed by atoms with Gasteiger partial charge in [-0.15, -0.1) is 0 Å². The van der Waals surface area contributed by atoms with Crippen LogP contribution in [0.25, 0.3) is 0 Å². The Bertz CT molecular complexity index is 812. The summed E-state index contributed by atoms with van der Waals surface area (Å²) >= 11 is 0. The zero-order chi connectivity index (χ0) is 17.3. The lowest BCUT2D eigenvalue weighted by molar-refractivity contribution is 0.161. The van der Waals surface area contributed by atoms with Crippen LogP contribution in [-0.4, -0.2) is 42.8 Å². The maximum Gasteiger partial charge on any atom is 0.243 e. The van der Waals surface area contributed by atoms with E-state index < -0.39 is 10.0 Å². The summed E-state index contributed by atoms with van der Waals surface area (Å²) in [5.41, 5.74) is 3.01. The van der Waals surface area contributed by atoms with Gasteiger partial charge in [0.2, 0.25) is 10.0 Å². The monoisotopic (exact) mass is 349 g/mol. The first kappa shape index (κ1) is 17.1. The third-order valence-corrected chi connectivity index (χ3v) is 6.26. The van der Waals surface area contributed by atoms with Crippen LogP contribution in [0.2, 0.25) is 0 Å². The van der Waals surface area contributed by atoms with Crippen LogP contribution in [0.3, 0.4) is 0 Å². The molecule has 0 spiro atoms. The molecule has 130 valence electrons. The van der Waals surface area contributed by atoms with Gasteiger partial charge in [-0.05, 0) is 24.1 Å². The van der Waals surface area contributed by atoms with E-state index in [0.29, 0.717) is 24.6 Å². The molecule has 2 aromatic rings. The molecule has 24 heavy (non-hydrogen) atoms. The van der Waals surface area contributed by atoms with Gasteiger partial charge in [-0.25, -0.2) is 8.42 Å². The Morgan fingerprint density at radius 1 is 1.29 bits per heavy atom. The average molecular weight is 349 g/mol.